The van der Waals surface area contributed by atoms with Crippen LogP contribution in [0.3, 0.4) is 0 Å². The van der Waals surface area contributed by atoms with Crippen molar-refractivity contribution < 1.29 is 9.59 Å². The molecule has 2 fully saturated rings. The monoisotopic (exact) mass is 543 g/mol. The molecule has 1 unspecified atom stereocenters. The Kier molecular flexibility index (Phi) is 7.66. The number of hydrogen-bond donors (Lipinski definition) is 2. The molecule has 7 nitrogen and oxygen atoms in total. The fourth-order valence-corrected chi connectivity index (χ4v) is 7.05. The average Bonchev–Trinajstić information content (AvgIpc) is 3.73. The maximum Gasteiger partial charge on any atom is 0.261 e. The molecule has 2 amide bonds. The van der Waals surface area contributed by atoms with Gasteiger partial charge in [0.2, 0.25) is 5.91 Å². The minimum Gasteiger partial charge on any atom is -0.350 e. The Bertz CT molecular complexity index is 1430. The summed E-state index contributed by atoms with van der Waals surface area (Å²) in [4.78, 5) is 40.2. The molecule has 1 aliphatic heterocycles. The second-order valence-corrected chi connectivity index (χ2v) is 12.1. The number of fused-ring (bicyclic) bond motifs is 2. The molecule has 0 bridgehead atoms. The van der Waals surface area contributed by atoms with Gasteiger partial charge in [-0.25, -0.2) is 4.98 Å². The van der Waals surface area contributed by atoms with Crippen molar-refractivity contribution in [1.29, 1.82) is 0 Å². The Morgan fingerprint density at radius 2 is 1.87 bits per heavy atom. The summed E-state index contributed by atoms with van der Waals surface area (Å²) < 4.78 is 1.05. The lowest BCUT2D eigenvalue weighted by molar-refractivity contribution is -0.123. The minimum atomic E-state index is -0.253. The van der Waals surface area contributed by atoms with E-state index in [9.17, 15) is 9.59 Å². The summed E-state index contributed by atoms with van der Waals surface area (Å²) in [6.07, 6.45) is 7.78. The molecule has 1 aliphatic carbocycles. The molecule has 2 aliphatic rings. The Labute approximate surface area is 233 Å². The van der Waals surface area contributed by atoms with E-state index in [1.807, 2.05) is 47.4 Å². The van der Waals surface area contributed by atoms with Gasteiger partial charge >= 0.3 is 0 Å². The highest BCUT2D eigenvalue weighted by Crippen LogP contribution is 2.36. The third kappa shape index (κ3) is 5.58. The number of carbonyl (C=O) groups is 2. The summed E-state index contributed by atoms with van der Waals surface area (Å²) in [7, 11) is 0. The predicted molar refractivity (Wildman–Crippen MR) is 158 cm³/mol. The number of likely N-dealkylation sites (tertiary alicyclic amines) is 1. The van der Waals surface area contributed by atoms with Gasteiger partial charge in [-0.15, -0.1) is 11.3 Å². The summed E-state index contributed by atoms with van der Waals surface area (Å²) >= 11 is 1.51. The van der Waals surface area contributed by atoms with Crippen LogP contribution in [0.25, 0.3) is 21.1 Å². The van der Waals surface area contributed by atoms with E-state index in [0.717, 1.165) is 77.9 Å². The van der Waals surface area contributed by atoms with Gasteiger partial charge in [-0.2, -0.15) is 0 Å². The van der Waals surface area contributed by atoms with Crippen LogP contribution < -0.4 is 10.2 Å². The van der Waals surface area contributed by atoms with E-state index >= 15 is 0 Å². The third-order valence-electron chi connectivity index (χ3n) is 8.30. The van der Waals surface area contributed by atoms with Crippen LogP contribution in [0, 0.1) is 5.92 Å². The van der Waals surface area contributed by atoms with Crippen LogP contribution in [0.1, 0.15) is 73.4 Å². The van der Waals surface area contributed by atoms with Gasteiger partial charge in [0.25, 0.3) is 5.91 Å². The van der Waals surface area contributed by atoms with Gasteiger partial charge in [0.05, 0.1) is 22.0 Å². The summed E-state index contributed by atoms with van der Waals surface area (Å²) in [5.74, 6) is 0.949. The van der Waals surface area contributed by atoms with Crippen LogP contribution >= 0.6 is 11.3 Å². The Balaban J connectivity index is 1.27. The molecule has 1 saturated carbocycles. The molecule has 204 valence electrons. The van der Waals surface area contributed by atoms with Crippen molar-refractivity contribution in [2.24, 2.45) is 5.92 Å². The quantitative estimate of drug-likeness (QED) is 0.274. The second kappa shape index (κ2) is 11.5. The first-order valence-electron chi connectivity index (χ1n) is 14.4. The van der Waals surface area contributed by atoms with Gasteiger partial charge in [0, 0.05) is 29.4 Å². The highest BCUT2D eigenvalue weighted by atomic mass is 32.1. The standard InChI is InChI=1S/C31H37N5O2S/c1-21(29-33-25-11-5-6-12-26(25)34-29)36(31(38)22-9-3-2-4-10-22)24-13-14-27-23(19-24)20-28(39-27)30(37)32-15-18-35-16-7-8-17-35/h5-6,11-14,19-22H,2-4,7-10,15-18H2,1H3,(H,32,37)(H,33,34). The number of benzene rings is 2. The molecule has 3 heterocycles. The van der Waals surface area contributed by atoms with E-state index in [4.69, 9.17) is 4.98 Å². The van der Waals surface area contributed by atoms with Crippen LogP contribution in [0.5, 0.6) is 0 Å². The summed E-state index contributed by atoms with van der Waals surface area (Å²) in [6, 6.07) is 15.8. The van der Waals surface area contributed by atoms with Crippen molar-refractivity contribution in [2.45, 2.75) is 57.9 Å². The molecule has 0 spiro atoms. The van der Waals surface area contributed by atoms with Crippen molar-refractivity contribution in [3.8, 4) is 0 Å². The lowest BCUT2D eigenvalue weighted by Crippen LogP contribution is -2.39. The number of H-pyrrole nitrogens is 1. The number of aromatic nitrogens is 2. The van der Waals surface area contributed by atoms with Crippen molar-refractivity contribution in [2.75, 3.05) is 31.1 Å². The summed E-state index contributed by atoms with van der Waals surface area (Å²) in [5, 5.41) is 4.08. The SMILES string of the molecule is CC(c1nc2ccccc2[nH]1)N(C(=O)C1CCCCC1)c1ccc2sc(C(=O)NCCN3CCCC3)cc2c1. The smallest absolute Gasteiger partial charge is 0.261 e. The number of para-hydroxylation sites is 2. The van der Waals surface area contributed by atoms with Crippen LogP contribution in [0.15, 0.2) is 48.5 Å². The fraction of sp³-hybridized carbons (Fsp3) is 0.452. The molecule has 2 aromatic heterocycles. The lowest BCUT2D eigenvalue weighted by atomic mass is 9.87. The number of rotatable bonds is 8. The minimum absolute atomic E-state index is 0.0253. The molecule has 8 heteroatoms. The van der Waals surface area contributed by atoms with Gasteiger partial charge in [-0.05, 0) is 87.5 Å². The van der Waals surface area contributed by atoms with Crippen molar-refractivity contribution in [3.63, 3.8) is 0 Å². The molecule has 2 aromatic carbocycles. The van der Waals surface area contributed by atoms with Gasteiger partial charge in [-0.3, -0.25) is 9.59 Å². The zero-order chi connectivity index (χ0) is 26.8. The maximum atomic E-state index is 14.0. The third-order valence-corrected chi connectivity index (χ3v) is 9.41. The van der Waals surface area contributed by atoms with E-state index in [1.54, 1.807) is 0 Å². The topological polar surface area (TPSA) is 81.3 Å². The lowest BCUT2D eigenvalue weighted by Gasteiger charge is -2.33. The van der Waals surface area contributed by atoms with Crippen LogP contribution in [-0.2, 0) is 4.79 Å². The molecule has 4 aromatic rings. The average molecular weight is 544 g/mol. The van der Waals surface area contributed by atoms with Gasteiger partial charge in [0.1, 0.15) is 5.82 Å². The molecule has 1 atom stereocenters. The summed E-state index contributed by atoms with van der Waals surface area (Å²) in [6.45, 7) is 5.87. The van der Waals surface area contributed by atoms with Crippen molar-refractivity contribution in [1.82, 2.24) is 20.2 Å². The first-order chi connectivity index (χ1) is 19.1. The number of imidazole rings is 1. The Hall–Kier alpha value is -3.23. The zero-order valence-corrected chi connectivity index (χ0v) is 23.4. The van der Waals surface area contributed by atoms with E-state index < -0.39 is 0 Å². The number of nitrogens with zero attached hydrogens (tertiary/aromatic N) is 3. The molecular formula is C31H37N5O2S. The number of thiophene rings is 1. The van der Waals surface area contributed by atoms with E-state index in [1.165, 1.54) is 30.6 Å². The molecular weight excluding hydrogens is 506 g/mol. The zero-order valence-electron chi connectivity index (χ0n) is 22.6. The Morgan fingerprint density at radius 1 is 1.08 bits per heavy atom. The number of aromatic amines is 1. The molecule has 0 radical (unpaired) electrons. The summed E-state index contributed by atoms with van der Waals surface area (Å²) in [5.41, 5.74) is 2.72. The van der Waals surface area contributed by atoms with Gasteiger partial charge in [-0.1, -0.05) is 31.4 Å². The molecule has 6 rings (SSSR count). The molecule has 1 saturated heterocycles. The van der Waals surface area contributed by atoms with Crippen molar-refractivity contribution >= 4 is 50.0 Å². The second-order valence-electron chi connectivity index (χ2n) is 11.0. The largest absolute Gasteiger partial charge is 0.350 e. The van der Waals surface area contributed by atoms with Crippen LogP contribution in [-0.4, -0.2) is 52.9 Å². The number of hydrogen-bond acceptors (Lipinski definition) is 5. The Morgan fingerprint density at radius 3 is 2.67 bits per heavy atom. The number of amides is 2. The molecule has 39 heavy (non-hydrogen) atoms. The first kappa shape index (κ1) is 26.0. The molecule has 2 N–H and O–H groups in total. The number of anilines is 1. The van der Waals surface area contributed by atoms with Gasteiger partial charge < -0.3 is 20.1 Å². The van der Waals surface area contributed by atoms with E-state index in [-0.39, 0.29) is 23.8 Å². The van der Waals surface area contributed by atoms with E-state index in [2.05, 4.69) is 28.2 Å². The van der Waals surface area contributed by atoms with Crippen molar-refractivity contribution in [3.05, 3.63) is 59.2 Å². The first-order valence-corrected chi connectivity index (χ1v) is 15.2. The predicted octanol–water partition coefficient (Wildman–Crippen LogP) is 6.28. The maximum absolute atomic E-state index is 14.0. The van der Waals surface area contributed by atoms with Crippen LogP contribution in [0.2, 0.25) is 0 Å². The van der Waals surface area contributed by atoms with Crippen LogP contribution in [0.4, 0.5) is 5.69 Å². The number of carbonyl (C=O) groups excluding carboxylic acids is 2. The highest BCUT2D eigenvalue weighted by Gasteiger charge is 2.32. The highest BCUT2D eigenvalue weighted by molar-refractivity contribution is 7.20. The van der Waals surface area contributed by atoms with Gasteiger partial charge in [0.15, 0.2) is 0 Å². The fourth-order valence-electron chi connectivity index (χ4n) is 6.09. The van der Waals surface area contributed by atoms with E-state index in [0.29, 0.717) is 11.4 Å². The number of nitrogens with one attached hydrogen (secondary N) is 2. The normalized spacial score (nSPS) is 17.6.